The average molecular weight is 433 g/mol. The maximum Gasteiger partial charge on any atom is 0.241 e. The standard InChI is InChI=1S/C27H32N2O3/c1-24(2)12-19(30)22-16-10-18-17(15(16)6-7-20(22)32-24)11-26-14-29-9-5-8-27(29,23(31)28-26)13-21(26)25(18,3)4/h6-7,21H,5,8-14H2,1-4H3,(H,28,31). The van der Waals surface area contributed by atoms with E-state index in [0.717, 1.165) is 62.1 Å². The fourth-order valence-corrected chi connectivity index (χ4v) is 8.45. The van der Waals surface area contributed by atoms with Gasteiger partial charge in [0, 0.05) is 6.54 Å². The monoisotopic (exact) mass is 432 g/mol. The van der Waals surface area contributed by atoms with Gasteiger partial charge in [-0.05, 0) is 86.6 Å². The lowest BCUT2D eigenvalue weighted by Gasteiger charge is -2.66. The van der Waals surface area contributed by atoms with E-state index in [1.165, 1.54) is 16.7 Å². The minimum absolute atomic E-state index is 0.0211. The van der Waals surface area contributed by atoms with Gasteiger partial charge in [-0.1, -0.05) is 25.5 Å². The van der Waals surface area contributed by atoms with Crippen LogP contribution in [0.4, 0.5) is 0 Å². The topological polar surface area (TPSA) is 58.6 Å². The van der Waals surface area contributed by atoms with Crippen molar-refractivity contribution in [2.24, 2.45) is 11.3 Å². The van der Waals surface area contributed by atoms with Crippen LogP contribution in [0.2, 0.25) is 0 Å². The van der Waals surface area contributed by atoms with E-state index in [-0.39, 0.29) is 28.2 Å². The van der Waals surface area contributed by atoms with E-state index in [0.29, 0.717) is 12.3 Å². The number of piperidine rings is 2. The number of ketones is 1. The number of rotatable bonds is 0. The van der Waals surface area contributed by atoms with Gasteiger partial charge in [0.1, 0.15) is 16.9 Å². The van der Waals surface area contributed by atoms with E-state index >= 15 is 0 Å². The van der Waals surface area contributed by atoms with E-state index in [1.807, 2.05) is 19.9 Å². The summed E-state index contributed by atoms with van der Waals surface area (Å²) in [4.78, 5) is 29.0. The van der Waals surface area contributed by atoms with Gasteiger partial charge in [0.15, 0.2) is 5.78 Å². The molecule has 2 aliphatic carbocycles. The fraction of sp³-hybridized carbons (Fsp3) is 0.630. The van der Waals surface area contributed by atoms with Crippen molar-refractivity contribution in [2.75, 3.05) is 13.1 Å². The Morgan fingerprint density at radius 1 is 1.12 bits per heavy atom. The Morgan fingerprint density at radius 3 is 2.75 bits per heavy atom. The van der Waals surface area contributed by atoms with Gasteiger partial charge in [0.05, 0.1) is 17.5 Å². The molecule has 8 rings (SSSR count). The Bertz CT molecular complexity index is 1160. The molecule has 5 nitrogen and oxygen atoms in total. The molecule has 3 unspecified atom stereocenters. The first-order valence-electron chi connectivity index (χ1n) is 12.3. The highest BCUT2D eigenvalue weighted by molar-refractivity contribution is 6.04. The minimum Gasteiger partial charge on any atom is -0.487 e. The Balaban J connectivity index is 1.37. The Labute approximate surface area is 189 Å². The largest absolute Gasteiger partial charge is 0.487 e. The van der Waals surface area contributed by atoms with Crippen molar-refractivity contribution < 1.29 is 14.3 Å². The third-order valence-corrected chi connectivity index (χ3v) is 9.80. The number of allylic oxidation sites excluding steroid dienone is 1. The summed E-state index contributed by atoms with van der Waals surface area (Å²) in [5.74, 6) is 1.63. The van der Waals surface area contributed by atoms with Gasteiger partial charge in [-0.3, -0.25) is 14.5 Å². The number of amides is 1. The molecule has 2 spiro atoms. The van der Waals surface area contributed by atoms with Crippen molar-refractivity contribution in [3.05, 3.63) is 34.4 Å². The van der Waals surface area contributed by atoms with E-state index in [2.05, 4.69) is 30.1 Å². The van der Waals surface area contributed by atoms with Gasteiger partial charge in [-0.15, -0.1) is 0 Å². The zero-order chi connectivity index (χ0) is 22.3. The molecule has 7 aliphatic rings. The second-order valence-electron chi connectivity index (χ2n) is 12.4. The normalized spacial score (nSPS) is 37.8. The summed E-state index contributed by atoms with van der Waals surface area (Å²) in [7, 11) is 0. The molecule has 5 heteroatoms. The molecule has 4 saturated heterocycles. The molecule has 1 N–H and O–H groups in total. The number of benzene rings is 1. The molecule has 4 fully saturated rings. The Kier molecular flexibility index (Phi) is 3.32. The predicted octanol–water partition coefficient (Wildman–Crippen LogP) is 3.89. The van der Waals surface area contributed by atoms with Crippen LogP contribution >= 0.6 is 0 Å². The van der Waals surface area contributed by atoms with Crippen LogP contribution in [-0.4, -0.2) is 46.4 Å². The first-order chi connectivity index (χ1) is 15.1. The van der Waals surface area contributed by atoms with E-state index in [4.69, 9.17) is 4.74 Å². The maximum atomic E-state index is 13.3. The third-order valence-electron chi connectivity index (χ3n) is 9.80. The summed E-state index contributed by atoms with van der Waals surface area (Å²) in [6.07, 6.45) is 5.21. The lowest BCUT2D eigenvalue weighted by molar-refractivity contribution is -0.161. The van der Waals surface area contributed by atoms with Crippen LogP contribution in [0.3, 0.4) is 0 Å². The zero-order valence-corrected chi connectivity index (χ0v) is 19.6. The molecular formula is C27H32N2O3. The number of nitrogens with zero attached hydrogens (tertiary/aromatic N) is 1. The van der Waals surface area contributed by atoms with Gasteiger partial charge in [0.2, 0.25) is 5.91 Å². The van der Waals surface area contributed by atoms with Crippen LogP contribution in [0.1, 0.15) is 81.3 Å². The lowest BCUT2D eigenvalue weighted by atomic mass is 9.50. The Hall–Kier alpha value is -2.14. The fourth-order valence-electron chi connectivity index (χ4n) is 8.45. The van der Waals surface area contributed by atoms with Gasteiger partial charge in [-0.25, -0.2) is 0 Å². The number of piperazine rings is 1. The quantitative estimate of drug-likeness (QED) is 0.676. The van der Waals surface area contributed by atoms with Crippen LogP contribution in [-0.2, 0) is 11.2 Å². The first kappa shape index (κ1) is 19.3. The minimum atomic E-state index is -0.453. The summed E-state index contributed by atoms with van der Waals surface area (Å²) < 4.78 is 6.22. The molecule has 1 aromatic carbocycles. The van der Waals surface area contributed by atoms with Crippen molar-refractivity contribution in [3.63, 3.8) is 0 Å². The van der Waals surface area contributed by atoms with Crippen molar-refractivity contribution in [2.45, 2.75) is 82.9 Å². The second-order valence-corrected chi connectivity index (χ2v) is 12.4. The Morgan fingerprint density at radius 2 is 1.94 bits per heavy atom. The van der Waals surface area contributed by atoms with Crippen LogP contribution in [0.15, 0.2) is 17.7 Å². The van der Waals surface area contributed by atoms with E-state index in [1.54, 1.807) is 0 Å². The number of carbonyl (C=O) groups excluding carboxylic acids is 2. The summed E-state index contributed by atoms with van der Waals surface area (Å²) in [6.45, 7) is 10.7. The second kappa shape index (κ2) is 5.49. The number of hydrogen-bond acceptors (Lipinski definition) is 4. The molecule has 1 amide bonds. The van der Waals surface area contributed by atoms with Crippen molar-refractivity contribution >= 4 is 17.3 Å². The number of fused-ring (bicyclic) bond motifs is 5. The molecule has 5 aliphatic heterocycles. The van der Waals surface area contributed by atoms with E-state index < -0.39 is 5.60 Å². The molecule has 5 heterocycles. The highest BCUT2D eigenvalue weighted by Gasteiger charge is 2.68. The average Bonchev–Trinajstić information content (AvgIpc) is 3.27. The SMILES string of the molecule is CC1(C)CC(=O)c2c(ccc3c2CC2=C3CC34CN5CCCC5(CC3C2(C)C)C(=O)N4)O1. The number of carbonyl (C=O) groups is 2. The van der Waals surface area contributed by atoms with Gasteiger partial charge in [0.25, 0.3) is 0 Å². The van der Waals surface area contributed by atoms with Gasteiger partial charge in [-0.2, -0.15) is 0 Å². The van der Waals surface area contributed by atoms with Crippen LogP contribution in [0.5, 0.6) is 5.75 Å². The molecular weight excluding hydrogens is 400 g/mol. The first-order valence-corrected chi connectivity index (χ1v) is 12.3. The zero-order valence-electron chi connectivity index (χ0n) is 19.6. The van der Waals surface area contributed by atoms with Crippen molar-refractivity contribution in [3.8, 4) is 5.75 Å². The number of ether oxygens (including phenoxy) is 1. The highest BCUT2D eigenvalue weighted by Crippen LogP contribution is 2.64. The number of nitrogens with one attached hydrogen (secondary N) is 1. The molecule has 1 aromatic rings. The van der Waals surface area contributed by atoms with Gasteiger partial charge >= 0.3 is 0 Å². The smallest absolute Gasteiger partial charge is 0.241 e. The maximum absolute atomic E-state index is 13.3. The van der Waals surface area contributed by atoms with Crippen LogP contribution in [0.25, 0.3) is 5.57 Å². The molecule has 168 valence electrons. The highest BCUT2D eigenvalue weighted by atomic mass is 16.5. The number of Topliss-reactive ketones (excluding diaryl/α,β-unsaturated/α-hetero) is 1. The molecule has 3 atom stereocenters. The van der Waals surface area contributed by atoms with Crippen LogP contribution in [0, 0.1) is 11.3 Å². The molecule has 32 heavy (non-hydrogen) atoms. The van der Waals surface area contributed by atoms with Crippen molar-refractivity contribution in [1.29, 1.82) is 0 Å². The summed E-state index contributed by atoms with van der Waals surface area (Å²) >= 11 is 0. The predicted molar refractivity (Wildman–Crippen MR) is 122 cm³/mol. The summed E-state index contributed by atoms with van der Waals surface area (Å²) in [5.41, 5.74) is 5.07. The van der Waals surface area contributed by atoms with E-state index in [9.17, 15) is 9.59 Å². The van der Waals surface area contributed by atoms with Gasteiger partial charge < -0.3 is 10.1 Å². The summed E-state index contributed by atoms with van der Waals surface area (Å²) in [6, 6.07) is 4.18. The molecule has 0 radical (unpaired) electrons. The lowest BCUT2D eigenvalue weighted by Crippen LogP contribution is -2.81. The molecule has 0 aromatic heterocycles. The molecule has 2 bridgehead atoms. The summed E-state index contributed by atoms with van der Waals surface area (Å²) in [5, 5.41) is 3.57. The van der Waals surface area contributed by atoms with Crippen LogP contribution < -0.4 is 10.1 Å². The van der Waals surface area contributed by atoms with Crippen molar-refractivity contribution in [1.82, 2.24) is 10.2 Å². The molecule has 0 saturated carbocycles. The number of hydrogen-bond donors (Lipinski definition) is 1. The third kappa shape index (κ3) is 2.10.